The number of carbonyl (C=O) groups is 1. The SMILES string of the molecule is Cc1nn(C)c(N2CCN(C(=O)OC(C)(C)C)CC2)c1[N+](=O)[O-]. The molecule has 0 bridgehead atoms. The first-order chi connectivity index (χ1) is 10.6. The molecule has 0 radical (unpaired) electrons. The van der Waals surface area contributed by atoms with Gasteiger partial charge in [-0.15, -0.1) is 0 Å². The molecule has 9 nitrogen and oxygen atoms in total. The zero-order valence-electron chi connectivity index (χ0n) is 14.2. The van der Waals surface area contributed by atoms with Gasteiger partial charge in [-0.25, -0.2) is 9.48 Å². The fraction of sp³-hybridized carbons (Fsp3) is 0.714. The zero-order chi connectivity index (χ0) is 17.4. The molecule has 0 aromatic carbocycles. The number of nitrogens with zero attached hydrogens (tertiary/aromatic N) is 5. The summed E-state index contributed by atoms with van der Waals surface area (Å²) in [5.74, 6) is 0.483. The number of anilines is 1. The Balaban J connectivity index is 2.08. The van der Waals surface area contributed by atoms with Crippen molar-refractivity contribution in [3.8, 4) is 0 Å². The Kier molecular flexibility index (Phi) is 4.49. The van der Waals surface area contributed by atoms with Crippen LogP contribution in [0, 0.1) is 17.0 Å². The quantitative estimate of drug-likeness (QED) is 0.607. The van der Waals surface area contributed by atoms with Crippen LogP contribution in [0.15, 0.2) is 0 Å². The van der Waals surface area contributed by atoms with Crippen molar-refractivity contribution >= 4 is 17.6 Å². The summed E-state index contributed by atoms with van der Waals surface area (Å²) < 4.78 is 6.88. The lowest BCUT2D eigenvalue weighted by Gasteiger charge is -2.36. The van der Waals surface area contributed by atoms with Crippen molar-refractivity contribution in [2.75, 3.05) is 31.1 Å². The molecule has 9 heteroatoms. The first-order valence-corrected chi connectivity index (χ1v) is 7.51. The highest BCUT2D eigenvalue weighted by Gasteiger charge is 2.32. The second kappa shape index (κ2) is 6.05. The standard InChI is InChI=1S/C14H23N5O4/c1-10-11(19(21)22)12(16(5)15-10)17-6-8-18(9-7-17)13(20)23-14(2,3)4/h6-9H2,1-5H3. The molecular formula is C14H23N5O4. The van der Waals surface area contributed by atoms with Gasteiger partial charge >= 0.3 is 11.8 Å². The van der Waals surface area contributed by atoms with Gasteiger partial charge in [0.05, 0.1) is 4.92 Å². The average molecular weight is 325 g/mol. The Bertz CT molecular complexity index is 611. The van der Waals surface area contributed by atoms with Crippen molar-refractivity contribution < 1.29 is 14.5 Å². The minimum Gasteiger partial charge on any atom is -0.444 e. The smallest absolute Gasteiger partial charge is 0.410 e. The summed E-state index contributed by atoms with van der Waals surface area (Å²) in [7, 11) is 1.69. The predicted molar refractivity (Wildman–Crippen MR) is 84.6 cm³/mol. The maximum Gasteiger partial charge on any atom is 0.410 e. The zero-order valence-corrected chi connectivity index (χ0v) is 14.2. The summed E-state index contributed by atoms with van der Waals surface area (Å²) in [5, 5.41) is 15.4. The Morgan fingerprint density at radius 3 is 2.30 bits per heavy atom. The van der Waals surface area contributed by atoms with E-state index in [-0.39, 0.29) is 11.8 Å². The van der Waals surface area contributed by atoms with Gasteiger partial charge in [-0.1, -0.05) is 0 Å². The predicted octanol–water partition coefficient (Wildman–Crippen LogP) is 1.69. The third-order valence-corrected chi connectivity index (χ3v) is 3.57. The van der Waals surface area contributed by atoms with Crippen molar-refractivity contribution in [3.05, 3.63) is 15.8 Å². The molecule has 0 aliphatic carbocycles. The van der Waals surface area contributed by atoms with E-state index in [1.165, 1.54) is 4.68 Å². The van der Waals surface area contributed by atoms with Crippen LogP contribution in [-0.4, -0.2) is 57.5 Å². The number of aryl methyl sites for hydroxylation is 2. The van der Waals surface area contributed by atoms with Crippen LogP contribution in [0.2, 0.25) is 0 Å². The number of piperazine rings is 1. The van der Waals surface area contributed by atoms with Gasteiger partial charge in [0.2, 0.25) is 5.82 Å². The Hall–Kier alpha value is -2.32. The molecule has 0 unspecified atom stereocenters. The molecule has 1 aromatic heterocycles. The summed E-state index contributed by atoms with van der Waals surface area (Å²) >= 11 is 0. The molecule has 0 atom stereocenters. The molecule has 1 aromatic rings. The Labute approximate surface area is 134 Å². The van der Waals surface area contributed by atoms with Crippen LogP contribution in [0.25, 0.3) is 0 Å². The van der Waals surface area contributed by atoms with Gasteiger partial charge in [-0.3, -0.25) is 10.1 Å². The number of rotatable bonds is 2. The third-order valence-electron chi connectivity index (χ3n) is 3.57. The van der Waals surface area contributed by atoms with E-state index < -0.39 is 10.5 Å². The number of hydrogen-bond acceptors (Lipinski definition) is 6. The highest BCUT2D eigenvalue weighted by atomic mass is 16.6. The van der Waals surface area contributed by atoms with E-state index in [1.807, 2.05) is 25.7 Å². The largest absolute Gasteiger partial charge is 0.444 e. The molecule has 128 valence electrons. The van der Waals surface area contributed by atoms with E-state index >= 15 is 0 Å². The molecule has 1 saturated heterocycles. The molecule has 23 heavy (non-hydrogen) atoms. The molecule has 1 aliphatic rings. The number of ether oxygens (including phenoxy) is 1. The first kappa shape index (κ1) is 17.0. The van der Waals surface area contributed by atoms with Gasteiger partial charge in [0, 0.05) is 33.2 Å². The molecule has 0 spiro atoms. The lowest BCUT2D eigenvalue weighted by atomic mass is 10.2. The van der Waals surface area contributed by atoms with Crippen LogP contribution in [0.3, 0.4) is 0 Å². The summed E-state index contributed by atoms with van der Waals surface area (Å²) in [6.45, 7) is 9.00. The monoisotopic (exact) mass is 325 g/mol. The Morgan fingerprint density at radius 2 is 1.83 bits per heavy atom. The van der Waals surface area contributed by atoms with E-state index in [9.17, 15) is 14.9 Å². The van der Waals surface area contributed by atoms with Crippen molar-refractivity contribution in [2.45, 2.75) is 33.3 Å². The first-order valence-electron chi connectivity index (χ1n) is 7.51. The maximum absolute atomic E-state index is 12.1. The lowest BCUT2D eigenvalue weighted by Crippen LogP contribution is -2.50. The molecule has 1 fully saturated rings. The highest BCUT2D eigenvalue weighted by molar-refractivity contribution is 5.69. The normalized spacial score (nSPS) is 15.7. The van der Waals surface area contributed by atoms with Gasteiger partial charge < -0.3 is 14.5 Å². The number of aromatic nitrogens is 2. The summed E-state index contributed by atoms with van der Waals surface area (Å²) in [6.07, 6.45) is -0.354. The van der Waals surface area contributed by atoms with E-state index in [4.69, 9.17) is 4.74 Å². The number of carbonyl (C=O) groups excluding carboxylic acids is 1. The van der Waals surface area contributed by atoms with E-state index in [2.05, 4.69) is 5.10 Å². The van der Waals surface area contributed by atoms with Gasteiger partial charge in [0.1, 0.15) is 11.3 Å². The molecule has 1 amide bonds. The van der Waals surface area contributed by atoms with Gasteiger partial charge in [-0.05, 0) is 27.7 Å². The molecule has 2 heterocycles. The lowest BCUT2D eigenvalue weighted by molar-refractivity contribution is -0.384. The maximum atomic E-state index is 12.1. The van der Waals surface area contributed by atoms with Crippen molar-refractivity contribution in [1.29, 1.82) is 0 Å². The second-order valence-corrected chi connectivity index (χ2v) is 6.59. The molecule has 2 rings (SSSR count). The molecule has 0 N–H and O–H groups in total. The van der Waals surface area contributed by atoms with Crippen LogP contribution in [0.4, 0.5) is 16.3 Å². The topological polar surface area (TPSA) is 93.7 Å². The van der Waals surface area contributed by atoms with Crippen LogP contribution < -0.4 is 4.90 Å². The number of nitro groups is 1. The fourth-order valence-corrected chi connectivity index (χ4v) is 2.63. The van der Waals surface area contributed by atoms with E-state index in [0.29, 0.717) is 37.7 Å². The second-order valence-electron chi connectivity index (χ2n) is 6.59. The minimum atomic E-state index is -0.536. The summed E-state index contributed by atoms with van der Waals surface area (Å²) in [5.41, 5.74) is -0.119. The highest BCUT2D eigenvalue weighted by Crippen LogP contribution is 2.31. The minimum absolute atomic E-state index is 0.0261. The van der Waals surface area contributed by atoms with Crippen molar-refractivity contribution in [3.63, 3.8) is 0 Å². The summed E-state index contributed by atoms with van der Waals surface area (Å²) in [6, 6.07) is 0. The van der Waals surface area contributed by atoms with E-state index in [0.717, 1.165) is 0 Å². The molecule has 1 aliphatic heterocycles. The fourth-order valence-electron chi connectivity index (χ4n) is 2.63. The van der Waals surface area contributed by atoms with Crippen LogP contribution in [-0.2, 0) is 11.8 Å². The average Bonchev–Trinajstić information content (AvgIpc) is 2.71. The molecular weight excluding hydrogens is 302 g/mol. The van der Waals surface area contributed by atoms with Crippen LogP contribution in [0.1, 0.15) is 26.5 Å². The van der Waals surface area contributed by atoms with Gasteiger partial charge in [0.15, 0.2) is 0 Å². The molecule has 0 saturated carbocycles. The summed E-state index contributed by atoms with van der Waals surface area (Å²) in [4.78, 5) is 26.4. The number of amides is 1. The van der Waals surface area contributed by atoms with Gasteiger partial charge in [-0.2, -0.15) is 5.10 Å². The van der Waals surface area contributed by atoms with E-state index in [1.54, 1.807) is 18.9 Å². The Morgan fingerprint density at radius 1 is 1.26 bits per heavy atom. The van der Waals surface area contributed by atoms with Crippen molar-refractivity contribution in [2.24, 2.45) is 7.05 Å². The van der Waals surface area contributed by atoms with Crippen LogP contribution >= 0.6 is 0 Å². The van der Waals surface area contributed by atoms with Gasteiger partial charge in [0.25, 0.3) is 0 Å². The van der Waals surface area contributed by atoms with Crippen LogP contribution in [0.5, 0.6) is 0 Å². The van der Waals surface area contributed by atoms with Crippen molar-refractivity contribution in [1.82, 2.24) is 14.7 Å². The number of hydrogen-bond donors (Lipinski definition) is 0. The third kappa shape index (κ3) is 3.72.